The lowest BCUT2D eigenvalue weighted by atomic mass is 10.1. The van der Waals surface area contributed by atoms with Crippen LogP contribution in [0.5, 0.6) is 0 Å². The summed E-state index contributed by atoms with van der Waals surface area (Å²) in [6.45, 7) is -0.399. The quantitative estimate of drug-likeness (QED) is 0.587. The first-order valence-electron chi connectivity index (χ1n) is 6.43. The lowest BCUT2D eigenvalue weighted by molar-refractivity contribution is -0.0557. The van der Waals surface area contributed by atoms with Crippen LogP contribution >= 0.6 is 0 Å². The van der Waals surface area contributed by atoms with Gasteiger partial charge in [-0.2, -0.15) is 0 Å². The van der Waals surface area contributed by atoms with Crippen LogP contribution in [0.2, 0.25) is 0 Å². The minimum Gasteiger partial charge on any atom is -0.394 e. The molecule has 0 radical (unpaired) electrons. The van der Waals surface area contributed by atoms with Crippen molar-refractivity contribution in [2.75, 3.05) is 13.3 Å². The molecule has 0 aliphatic carbocycles. The molecule has 1 aliphatic rings. The minimum absolute atomic E-state index is 0.167. The zero-order valence-corrected chi connectivity index (χ0v) is 11.3. The first-order chi connectivity index (χ1) is 9.92. The van der Waals surface area contributed by atoms with Crippen molar-refractivity contribution in [1.29, 1.82) is 0 Å². The number of hydrogen-bond acceptors (Lipinski definition) is 6. The maximum absolute atomic E-state index is 12.5. The third kappa shape index (κ3) is 2.64. The Morgan fingerprint density at radius 2 is 2.00 bits per heavy atom. The van der Waals surface area contributed by atoms with Gasteiger partial charge in [0.15, 0.2) is 6.23 Å². The normalized spacial score (nSPS) is 29.0. The molecule has 21 heavy (non-hydrogen) atoms. The first-order valence-corrected chi connectivity index (χ1v) is 6.43. The van der Waals surface area contributed by atoms with Gasteiger partial charge in [-0.3, -0.25) is 13.9 Å². The van der Waals surface area contributed by atoms with Crippen LogP contribution in [0.3, 0.4) is 0 Å². The smallest absolute Gasteiger partial charge is 0.333 e. The van der Waals surface area contributed by atoms with Gasteiger partial charge in [0, 0.05) is 11.8 Å². The van der Waals surface area contributed by atoms with Gasteiger partial charge in [-0.1, -0.05) is 0 Å². The summed E-state index contributed by atoms with van der Waals surface area (Å²) in [5.74, 6) is 0. The molecule has 2 rings (SSSR count). The lowest BCUT2D eigenvalue weighted by Crippen LogP contribution is -2.44. The van der Waals surface area contributed by atoms with E-state index >= 15 is 0 Å². The molecular formula is C12H17FN2O6. The van der Waals surface area contributed by atoms with Gasteiger partial charge in [0.25, 0.3) is 5.56 Å². The van der Waals surface area contributed by atoms with Gasteiger partial charge >= 0.3 is 5.69 Å². The second-order valence-electron chi connectivity index (χ2n) is 4.88. The van der Waals surface area contributed by atoms with Crippen molar-refractivity contribution in [2.45, 2.75) is 38.0 Å². The second-order valence-corrected chi connectivity index (χ2v) is 4.88. The number of aromatic nitrogens is 2. The summed E-state index contributed by atoms with van der Waals surface area (Å²) in [7, 11) is 0. The second kappa shape index (κ2) is 6.06. The van der Waals surface area contributed by atoms with Crippen LogP contribution in [-0.2, 0) is 11.3 Å². The molecule has 0 saturated carbocycles. The Balaban J connectivity index is 2.50. The largest absolute Gasteiger partial charge is 0.394 e. The van der Waals surface area contributed by atoms with E-state index in [4.69, 9.17) is 9.84 Å². The summed E-state index contributed by atoms with van der Waals surface area (Å²) in [6.07, 6.45) is -3.93. The number of aryl methyl sites for hydroxylation is 1. The third-order valence-electron chi connectivity index (χ3n) is 3.47. The highest BCUT2D eigenvalue weighted by Gasteiger charge is 2.44. The van der Waals surface area contributed by atoms with Gasteiger partial charge in [-0.15, -0.1) is 0 Å². The SMILES string of the molecule is Cc1cn(C2O[C@H](CO)[C@@H](O)[C@@H]2O)c(=O)n(CC[18F])c1=O. The zero-order valence-electron chi connectivity index (χ0n) is 11.3. The molecule has 8 nitrogen and oxygen atoms in total. The lowest BCUT2D eigenvalue weighted by Gasteiger charge is -2.19. The fourth-order valence-corrected chi connectivity index (χ4v) is 2.33. The summed E-state index contributed by atoms with van der Waals surface area (Å²) in [6, 6.07) is 0. The predicted molar refractivity (Wildman–Crippen MR) is 68.7 cm³/mol. The number of rotatable bonds is 4. The number of aliphatic hydroxyl groups excluding tert-OH is 3. The van der Waals surface area contributed by atoms with E-state index in [1.807, 2.05) is 0 Å². The Bertz CT molecular complexity index is 627. The number of nitrogens with zero attached hydrogens (tertiary/aromatic N) is 2. The van der Waals surface area contributed by atoms with Gasteiger partial charge in [-0.05, 0) is 6.92 Å². The maximum Gasteiger partial charge on any atom is 0.333 e. The zero-order chi connectivity index (χ0) is 15.7. The highest BCUT2D eigenvalue weighted by molar-refractivity contribution is 5.05. The number of alkyl halides is 1. The van der Waals surface area contributed by atoms with Gasteiger partial charge in [-0.25, -0.2) is 9.18 Å². The molecule has 9 heteroatoms. The average Bonchev–Trinajstić information content (AvgIpc) is 2.75. The van der Waals surface area contributed by atoms with E-state index in [0.717, 1.165) is 4.57 Å². The summed E-state index contributed by atoms with van der Waals surface area (Å²) in [4.78, 5) is 24.0. The van der Waals surface area contributed by atoms with Gasteiger partial charge < -0.3 is 20.1 Å². The Morgan fingerprint density at radius 1 is 1.33 bits per heavy atom. The summed E-state index contributed by atoms with van der Waals surface area (Å²) in [5.41, 5.74) is -1.31. The molecule has 1 aromatic heterocycles. The maximum atomic E-state index is 12.5. The van der Waals surface area contributed by atoms with E-state index in [1.165, 1.54) is 13.1 Å². The van der Waals surface area contributed by atoms with Crippen LogP contribution in [0.15, 0.2) is 15.8 Å². The van der Waals surface area contributed by atoms with Crippen LogP contribution < -0.4 is 11.2 Å². The molecule has 118 valence electrons. The molecule has 0 aromatic carbocycles. The molecule has 1 aromatic rings. The fourth-order valence-electron chi connectivity index (χ4n) is 2.33. The first kappa shape index (κ1) is 15.8. The topological polar surface area (TPSA) is 114 Å². The van der Waals surface area contributed by atoms with Crippen molar-refractivity contribution in [2.24, 2.45) is 0 Å². The van der Waals surface area contributed by atoms with Gasteiger partial charge in [0.1, 0.15) is 25.0 Å². The van der Waals surface area contributed by atoms with Crippen molar-refractivity contribution in [3.63, 3.8) is 0 Å². The van der Waals surface area contributed by atoms with E-state index < -0.39 is 55.6 Å². The van der Waals surface area contributed by atoms with Crippen molar-refractivity contribution >= 4 is 0 Å². The molecule has 0 spiro atoms. The molecule has 3 N–H and O–H groups in total. The minimum atomic E-state index is -1.45. The molecule has 1 unspecified atom stereocenters. The van der Waals surface area contributed by atoms with Crippen molar-refractivity contribution in [1.82, 2.24) is 9.13 Å². The number of halogens is 1. The fraction of sp³-hybridized carbons (Fsp3) is 0.667. The van der Waals surface area contributed by atoms with Crippen molar-refractivity contribution in [3.05, 3.63) is 32.6 Å². The molecule has 1 saturated heterocycles. The summed E-state index contributed by atoms with van der Waals surface area (Å²) >= 11 is 0. The number of hydrogen-bond donors (Lipinski definition) is 3. The van der Waals surface area contributed by atoms with Crippen molar-refractivity contribution in [3.8, 4) is 0 Å². The highest BCUT2D eigenvalue weighted by atomic mass is 18.2. The third-order valence-corrected chi connectivity index (χ3v) is 3.47. The van der Waals surface area contributed by atoms with Crippen LogP contribution in [0.1, 0.15) is 11.8 Å². The van der Waals surface area contributed by atoms with Crippen LogP contribution in [0.25, 0.3) is 0 Å². The van der Waals surface area contributed by atoms with Gasteiger partial charge in [0.05, 0.1) is 13.2 Å². The van der Waals surface area contributed by atoms with E-state index in [1.54, 1.807) is 0 Å². The van der Waals surface area contributed by atoms with Crippen LogP contribution in [-0.4, -0.2) is 56.0 Å². The average molecular weight is 303 g/mol. The summed E-state index contributed by atoms with van der Waals surface area (Å²) in [5, 5.41) is 28.6. The molecule has 0 amide bonds. The van der Waals surface area contributed by atoms with Crippen LogP contribution in [0.4, 0.5) is 4.39 Å². The van der Waals surface area contributed by atoms with Crippen LogP contribution in [0, 0.1) is 6.92 Å². The Kier molecular flexibility index (Phi) is 4.57. The highest BCUT2D eigenvalue weighted by Crippen LogP contribution is 2.27. The van der Waals surface area contributed by atoms with E-state index in [-0.39, 0.29) is 5.56 Å². The molecule has 1 aliphatic heterocycles. The molecule has 1 fully saturated rings. The molecule has 2 heterocycles. The Labute approximate surface area is 118 Å². The van der Waals surface area contributed by atoms with E-state index in [2.05, 4.69) is 0 Å². The van der Waals surface area contributed by atoms with Gasteiger partial charge in [0.2, 0.25) is 0 Å². The van der Waals surface area contributed by atoms with E-state index in [0.29, 0.717) is 4.57 Å². The van der Waals surface area contributed by atoms with Crippen molar-refractivity contribution < 1.29 is 24.4 Å². The Hall–Kier alpha value is -1.55. The predicted octanol–water partition coefficient (Wildman–Crippen LogP) is -2.10. The standard InChI is InChI=1S/C12H17FN2O6/c1-6-4-15(12(20)14(3-2-13)10(6)19)11-9(18)8(17)7(5-16)21-11/h4,7-9,11,16-18H,2-3,5H2,1H3/t7-,8-,9+,11?/m1/s1/i13-1. The number of ether oxygens (including phenoxy) is 1. The monoisotopic (exact) mass is 303 g/mol. The Morgan fingerprint density at radius 3 is 2.52 bits per heavy atom. The number of aliphatic hydroxyl groups is 3. The summed E-state index contributed by atoms with van der Waals surface area (Å²) < 4.78 is 19.3. The molecular weight excluding hydrogens is 286 g/mol. The molecule has 4 atom stereocenters. The van der Waals surface area contributed by atoms with E-state index in [9.17, 15) is 24.2 Å². The molecule has 0 bridgehead atoms.